The molecule has 1 fully saturated rings. The van der Waals surface area contributed by atoms with Gasteiger partial charge in [-0.2, -0.15) is 0 Å². The van der Waals surface area contributed by atoms with Crippen LogP contribution in [0.25, 0.3) is 0 Å². The van der Waals surface area contributed by atoms with Crippen molar-refractivity contribution >= 4 is 9.39 Å². The Bertz CT molecular complexity index is 264. The van der Waals surface area contributed by atoms with Crippen molar-refractivity contribution in [3.63, 3.8) is 0 Å². The molecule has 19 heavy (non-hydrogen) atoms. The molecule has 2 heteroatoms. The van der Waals surface area contributed by atoms with Crippen molar-refractivity contribution in [3.8, 4) is 0 Å². The van der Waals surface area contributed by atoms with E-state index < -0.39 is 0 Å². The SMILES string of the molecule is CCC/C=C(\CN(P)CC)C1(C)CCCCCCC1. The molecule has 1 rings (SSSR count). The summed E-state index contributed by atoms with van der Waals surface area (Å²) in [6, 6.07) is 0. The fourth-order valence-corrected chi connectivity index (χ4v) is 3.35. The molecule has 0 aromatic heterocycles. The molecule has 0 aromatic rings. The van der Waals surface area contributed by atoms with Gasteiger partial charge in [0, 0.05) is 6.54 Å². The number of hydrogen-bond acceptors (Lipinski definition) is 1. The zero-order chi connectivity index (χ0) is 14.1. The van der Waals surface area contributed by atoms with Crippen molar-refractivity contribution in [1.29, 1.82) is 0 Å². The zero-order valence-electron chi connectivity index (χ0n) is 13.4. The monoisotopic (exact) mass is 283 g/mol. The van der Waals surface area contributed by atoms with E-state index in [9.17, 15) is 0 Å². The van der Waals surface area contributed by atoms with Gasteiger partial charge >= 0.3 is 0 Å². The van der Waals surface area contributed by atoms with E-state index in [-0.39, 0.29) is 0 Å². The van der Waals surface area contributed by atoms with E-state index in [0.717, 1.165) is 13.1 Å². The first-order chi connectivity index (χ1) is 9.12. The van der Waals surface area contributed by atoms with E-state index in [1.54, 1.807) is 5.57 Å². The van der Waals surface area contributed by atoms with Crippen LogP contribution in [0.4, 0.5) is 0 Å². The maximum Gasteiger partial charge on any atom is 0.0232 e. The summed E-state index contributed by atoms with van der Waals surface area (Å²) in [6.07, 6.45) is 15.0. The minimum absolute atomic E-state index is 0.458. The molecular weight excluding hydrogens is 249 g/mol. The minimum Gasteiger partial charge on any atom is -0.284 e. The van der Waals surface area contributed by atoms with Crippen molar-refractivity contribution in [2.45, 2.75) is 78.6 Å². The van der Waals surface area contributed by atoms with Crippen LogP contribution in [0.1, 0.15) is 78.6 Å². The summed E-state index contributed by atoms with van der Waals surface area (Å²) in [7, 11) is 2.89. The van der Waals surface area contributed by atoms with Gasteiger partial charge in [-0.05, 0) is 31.2 Å². The van der Waals surface area contributed by atoms with E-state index in [4.69, 9.17) is 0 Å². The molecule has 0 saturated heterocycles. The smallest absolute Gasteiger partial charge is 0.0232 e. The van der Waals surface area contributed by atoms with Crippen LogP contribution in [0.2, 0.25) is 0 Å². The highest BCUT2D eigenvalue weighted by molar-refractivity contribution is 7.13. The van der Waals surface area contributed by atoms with Crippen molar-refractivity contribution in [1.82, 2.24) is 4.67 Å². The lowest BCUT2D eigenvalue weighted by Crippen LogP contribution is -2.27. The average Bonchev–Trinajstić information content (AvgIpc) is 2.38. The molecule has 112 valence electrons. The molecule has 1 nitrogen and oxygen atoms in total. The number of rotatable bonds is 6. The summed E-state index contributed by atoms with van der Waals surface area (Å²) in [5, 5.41) is 0. The first-order valence-corrected chi connectivity index (χ1v) is 8.83. The van der Waals surface area contributed by atoms with Gasteiger partial charge in [0.25, 0.3) is 0 Å². The fourth-order valence-electron chi connectivity index (χ4n) is 3.16. The highest BCUT2D eigenvalue weighted by atomic mass is 31.0. The van der Waals surface area contributed by atoms with Crippen LogP contribution in [0, 0.1) is 5.41 Å². The quantitative estimate of drug-likeness (QED) is 0.454. The summed E-state index contributed by atoms with van der Waals surface area (Å²) in [6.45, 7) is 9.30. The van der Waals surface area contributed by atoms with E-state index >= 15 is 0 Å². The van der Waals surface area contributed by atoms with Crippen LogP contribution in [0.5, 0.6) is 0 Å². The molecule has 1 atom stereocenters. The van der Waals surface area contributed by atoms with Crippen LogP contribution in [0.15, 0.2) is 11.6 Å². The highest BCUT2D eigenvalue weighted by Crippen LogP contribution is 2.41. The molecule has 0 aliphatic heterocycles. The maximum atomic E-state index is 2.89. The molecule has 0 spiro atoms. The lowest BCUT2D eigenvalue weighted by molar-refractivity contribution is 0.273. The average molecular weight is 283 g/mol. The summed E-state index contributed by atoms with van der Waals surface area (Å²) >= 11 is 0. The van der Waals surface area contributed by atoms with Gasteiger partial charge in [0.15, 0.2) is 0 Å². The normalized spacial score (nSPS) is 21.2. The molecule has 1 saturated carbocycles. The van der Waals surface area contributed by atoms with Crippen LogP contribution >= 0.6 is 9.39 Å². The van der Waals surface area contributed by atoms with Gasteiger partial charge in [0.1, 0.15) is 0 Å². The first-order valence-electron chi connectivity index (χ1n) is 8.31. The van der Waals surface area contributed by atoms with Gasteiger partial charge in [0.2, 0.25) is 0 Å². The van der Waals surface area contributed by atoms with E-state index in [0.29, 0.717) is 5.41 Å². The van der Waals surface area contributed by atoms with Crippen molar-refractivity contribution in [2.24, 2.45) is 5.41 Å². The Labute approximate surface area is 123 Å². The minimum atomic E-state index is 0.458. The van der Waals surface area contributed by atoms with E-state index in [2.05, 4.69) is 40.9 Å². The van der Waals surface area contributed by atoms with Gasteiger partial charge in [-0.3, -0.25) is 4.67 Å². The predicted molar refractivity (Wildman–Crippen MR) is 90.4 cm³/mol. The zero-order valence-corrected chi connectivity index (χ0v) is 14.5. The predicted octanol–water partition coefficient (Wildman–Crippen LogP) is 5.58. The van der Waals surface area contributed by atoms with Crippen molar-refractivity contribution < 1.29 is 0 Å². The molecule has 0 aromatic carbocycles. The molecule has 0 bridgehead atoms. The Balaban J connectivity index is 2.79. The van der Waals surface area contributed by atoms with E-state index in [1.807, 2.05) is 0 Å². The second kappa shape index (κ2) is 9.14. The highest BCUT2D eigenvalue weighted by Gasteiger charge is 2.29. The number of hydrogen-bond donors (Lipinski definition) is 0. The first kappa shape index (κ1) is 17.2. The molecule has 1 aliphatic rings. The Morgan fingerprint density at radius 2 is 1.68 bits per heavy atom. The second-order valence-corrected chi connectivity index (χ2v) is 7.14. The van der Waals surface area contributed by atoms with Gasteiger partial charge in [0.05, 0.1) is 0 Å². The molecule has 0 radical (unpaired) electrons. The van der Waals surface area contributed by atoms with Gasteiger partial charge in [-0.1, -0.05) is 80.3 Å². The summed E-state index contributed by atoms with van der Waals surface area (Å²) < 4.78 is 2.38. The van der Waals surface area contributed by atoms with Gasteiger partial charge in [-0.15, -0.1) is 0 Å². The Morgan fingerprint density at radius 3 is 2.21 bits per heavy atom. The Morgan fingerprint density at radius 1 is 1.11 bits per heavy atom. The summed E-state index contributed by atoms with van der Waals surface area (Å²) in [5.41, 5.74) is 2.16. The third-order valence-corrected chi connectivity index (χ3v) is 5.24. The van der Waals surface area contributed by atoms with Crippen LogP contribution < -0.4 is 0 Å². The van der Waals surface area contributed by atoms with Crippen LogP contribution in [0.3, 0.4) is 0 Å². The fraction of sp³-hybridized carbons (Fsp3) is 0.882. The van der Waals surface area contributed by atoms with Crippen molar-refractivity contribution in [3.05, 3.63) is 11.6 Å². The van der Waals surface area contributed by atoms with Crippen LogP contribution in [-0.2, 0) is 0 Å². The summed E-state index contributed by atoms with van der Waals surface area (Å²) in [5.74, 6) is 0. The molecule has 1 unspecified atom stereocenters. The van der Waals surface area contributed by atoms with E-state index in [1.165, 1.54) is 57.8 Å². The Kier molecular flexibility index (Phi) is 8.26. The number of allylic oxidation sites excluding steroid dienone is 1. The standard InChI is InChI=1S/C17H34NP/c1-4-6-12-16(15-18(19)5-2)17(3)13-10-8-7-9-11-14-17/h12H,4-11,13-15,19H2,1-3H3/b16-12+. The largest absolute Gasteiger partial charge is 0.284 e. The van der Waals surface area contributed by atoms with Crippen molar-refractivity contribution in [2.75, 3.05) is 13.1 Å². The lowest BCUT2D eigenvalue weighted by atomic mass is 9.72. The molecule has 0 N–H and O–H groups in total. The molecule has 0 amide bonds. The van der Waals surface area contributed by atoms with Gasteiger partial charge < -0.3 is 0 Å². The third kappa shape index (κ3) is 5.96. The summed E-state index contributed by atoms with van der Waals surface area (Å²) in [4.78, 5) is 0. The third-order valence-electron chi connectivity index (χ3n) is 4.69. The second-order valence-electron chi connectivity index (χ2n) is 6.41. The molecule has 0 heterocycles. The Hall–Kier alpha value is 0.130. The molecule has 1 aliphatic carbocycles. The van der Waals surface area contributed by atoms with Gasteiger partial charge in [-0.25, -0.2) is 0 Å². The van der Waals surface area contributed by atoms with Crippen LogP contribution in [-0.4, -0.2) is 17.8 Å². The molecular formula is C17H34NP. The number of likely N-dealkylation sites (N-methyl/N-ethyl adjacent to an activating group) is 1. The lowest BCUT2D eigenvalue weighted by Gasteiger charge is -2.36. The topological polar surface area (TPSA) is 3.24 Å². The number of unbranched alkanes of at least 4 members (excludes halogenated alkanes) is 1. The number of nitrogens with zero attached hydrogens (tertiary/aromatic N) is 1. The maximum absolute atomic E-state index is 2.89.